The molecule has 2 unspecified atom stereocenters. The second-order valence-corrected chi connectivity index (χ2v) is 9.88. The molecule has 7 heteroatoms. The largest absolute Gasteiger partial charge is 0.341 e. The van der Waals surface area contributed by atoms with Crippen LogP contribution >= 0.6 is 11.8 Å². The van der Waals surface area contributed by atoms with Gasteiger partial charge in [-0.3, -0.25) is 14.3 Å². The fourth-order valence-electron chi connectivity index (χ4n) is 4.73. The highest BCUT2D eigenvalue weighted by molar-refractivity contribution is 7.99. The SMILES string of the molecule is CC1CC(C)CN(C(=O)CSc2nnc(CN3CCCCC3)n2-c2ccccc2)C1. The number of benzene rings is 1. The molecule has 30 heavy (non-hydrogen) atoms. The molecule has 6 nitrogen and oxygen atoms in total. The van der Waals surface area contributed by atoms with Crippen molar-refractivity contribution in [3.8, 4) is 5.69 Å². The van der Waals surface area contributed by atoms with Gasteiger partial charge in [-0.1, -0.05) is 50.2 Å². The lowest BCUT2D eigenvalue weighted by Gasteiger charge is -2.35. The minimum Gasteiger partial charge on any atom is -0.341 e. The van der Waals surface area contributed by atoms with Gasteiger partial charge in [-0.15, -0.1) is 10.2 Å². The Morgan fingerprint density at radius 1 is 1.03 bits per heavy atom. The Labute approximate surface area is 184 Å². The van der Waals surface area contributed by atoms with E-state index in [9.17, 15) is 4.79 Å². The summed E-state index contributed by atoms with van der Waals surface area (Å²) in [6, 6.07) is 10.3. The third kappa shape index (κ3) is 5.24. The van der Waals surface area contributed by atoms with Crippen LogP contribution < -0.4 is 0 Å². The minimum absolute atomic E-state index is 0.207. The highest BCUT2D eigenvalue weighted by Gasteiger charge is 2.26. The van der Waals surface area contributed by atoms with Gasteiger partial charge in [0.1, 0.15) is 0 Å². The normalized spacial score (nSPS) is 22.9. The third-order valence-corrected chi connectivity index (χ3v) is 6.99. The molecule has 0 aliphatic carbocycles. The summed E-state index contributed by atoms with van der Waals surface area (Å²) in [5, 5.41) is 9.82. The van der Waals surface area contributed by atoms with Crippen molar-refractivity contribution in [2.75, 3.05) is 31.9 Å². The molecule has 2 atom stereocenters. The Balaban J connectivity index is 1.49. The van der Waals surface area contributed by atoms with Crippen molar-refractivity contribution < 1.29 is 4.79 Å². The first-order valence-electron chi connectivity index (χ1n) is 11.2. The van der Waals surface area contributed by atoms with Crippen LogP contribution in [0.3, 0.4) is 0 Å². The van der Waals surface area contributed by atoms with Gasteiger partial charge in [0.25, 0.3) is 0 Å². The number of aromatic nitrogens is 3. The number of hydrogen-bond acceptors (Lipinski definition) is 5. The van der Waals surface area contributed by atoms with Crippen LogP contribution in [0.4, 0.5) is 0 Å². The van der Waals surface area contributed by atoms with E-state index in [1.165, 1.54) is 37.4 Å². The predicted octanol–water partition coefficient (Wildman–Crippen LogP) is 3.85. The Bertz CT molecular complexity index is 823. The van der Waals surface area contributed by atoms with Crippen LogP contribution in [0.5, 0.6) is 0 Å². The molecule has 2 aliphatic rings. The number of carbonyl (C=O) groups is 1. The van der Waals surface area contributed by atoms with Crippen LogP contribution in [0.25, 0.3) is 5.69 Å². The van der Waals surface area contributed by atoms with Crippen molar-refractivity contribution in [2.45, 2.75) is 51.2 Å². The summed E-state index contributed by atoms with van der Waals surface area (Å²) in [6.45, 7) is 9.26. The molecule has 0 saturated carbocycles. The first-order chi connectivity index (χ1) is 14.6. The Morgan fingerprint density at radius 2 is 1.73 bits per heavy atom. The summed E-state index contributed by atoms with van der Waals surface area (Å²) >= 11 is 1.51. The monoisotopic (exact) mass is 427 g/mol. The van der Waals surface area contributed by atoms with Gasteiger partial charge in [-0.25, -0.2) is 0 Å². The van der Waals surface area contributed by atoms with Crippen LogP contribution in [-0.4, -0.2) is 62.4 Å². The van der Waals surface area contributed by atoms with Crippen molar-refractivity contribution >= 4 is 17.7 Å². The van der Waals surface area contributed by atoms with Crippen molar-refractivity contribution in [1.82, 2.24) is 24.6 Å². The van der Waals surface area contributed by atoms with Crippen molar-refractivity contribution in [2.24, 2.45) is 11.8 Å². The van der Waals surface area contributed by atoms with Crippen LogP contribution in [0.2, 0.25) is 0 Å². The van der Waals surface area contributed by atoms with E-state index in [0.717, 1.165) is 49.4 Å². The molecule has 1 aromatic carbocycles. The highest BCUT2D eigenvalue weighted by Crippen LogP contribution is 2.26. The van der Waals surface area contributed by atoms with Crippen molar-refractivity contribution in [1.29, 1.82) is 0 Å². The lowest BCUT2D eigenvalue weighted by Crippen LogP contribution is -2.43. The molecule has 0 radical (unpaired) electrons. The number of carbonyl (C=O) groups excluding carboxylic acids is 1. The van der Waals surface area contributed by atoms with Crippen LogP contribution in [0, 0.1) is 11.8 Å². The maximum Gasteiger partial charge on any atom is 0.233 e. The molecule has 3 heterocycles. The summed E-state index contributed by atoms with van der Waals surface area (Å²) in [5.74, 6) is 2.73. The van der Waals surface area contributed by atoms with Gasteiger partial charge in [0.2, 0.25) is 5.91 Å². The zero-order valence-electron chi connectivity index (χ0n) is 18.2. The predicted molar refractivity (Wildman–Crippen MR) is 121 cm³/mol. The van der Waals surface area contributed by atoms with E-state index in [1.807, 2.05) is 23.1 Å². The summed E-state index contributed by atoms with van der Waals surface area (Å²) < 4.78 is 2.13. The van der Waals surface area contributed by atoms with E-state index >= 15 is 0 Å². The van der Waals surface area contributed by atoms with Gasteiger partial charge in [0.15, 0.2) is 11.0 Å². The zero-order valence-corrected chi connectivity index (χ0v) is 19.0. The maximum atomic E-state index is 12.9. The zero-order chi connectivity index (χ0) is 20.9. The number of hydrogen-bond donors (Lipinski definition) is 0. The van der Waals surface area contributed by atoms with Gasteiger partial charge in [-0.2, -0.15) is 0 Å². The summed E-state index contributed by atoms with van der Waals surface area (Å²) in [4.78, 5) is 17.4. The number of nitrogens with zero attached hydrogens (tertiary/aromatic N) is 5. The van der Waals surface area contributed by atoms with Crippen LogP contribution in [-0.2, 0) is 11.3 Å². The van der Waals surface area contributed by atoms with E-state index in [4.69, 9.17) is 0 Å². The topological polar surface area (TPSA) is 54.3 Å². The second-order valence-electron chi connectivity index (χ2n) is 8.94. The number of amides is 1. The third-order valence-electron chi connectivity index (χ3n) is 6.07. The van der Waals surface area contributed by atoms with Gasteiger partial charge < -0.3 is 4.90 Å². The quantitative estimate of drug-likeness (QED) is 0.656. The number of likely N-dealkylation sites (tertiary alicyclic amines) is 2. The fourth-order valence-corrected chi connectivity index (χ4v) is 5.61. The van der Waals surface area contributed by atoms with Crippen LogP contribution in [0.1, 0.15) is 45.4 Å². The average molecular weight is 428 g/mol. The first-order valence-corrected chi connectivity index (χ1v) is 12.2. The molecule has 0 bridgehead atoms. The van der Waals surface area contributed by atoms with Gasteiger partial charge in [-0.05, 0) is 56.3 Å². The molecule has 2 aliphatic heterocycles. The van der Waals surface area contributed by atoms with E-state index in [1.54, 1.807) is 0 Å². The minimum atomic E-state index is 0.207. The maximum absolute atomic E-state index is 12.9. The Morgan fingerprint density at radius 3 is 2.43 bits per heavy atom. The smallest absolute Gasteiger partial charge is 0.233 e. The van der Waals surface area contributed by atoms with Crippen LogP contribution in [0.15, 0.2) is 35.5 Å². The first kappa shape index (κ1) is 21.4. The standard InChI is InChI=1S/C23H33N5OS/c1-18-13-19(2)15-27(14-18)22(29)17-30-23-25-24-21(16-26-11-7-4-8-12-26)28(23)20-9-5-3-6-10-20/h3,5-6,9-10,18-19H,4,7-8,11-17H2,1-2H3. The molecule has 0 N–H and O–H groups in total. The molecule has 0 spiro atoms. The lowest BCUT2D eigenvalue weighted by molar-refractivity contribution is -0.130. The van der Waals surface area contributed by atoms with E-state index < -0.39 is 0 Å². The lowest BCUT2D eigenvalue weighted by atomic mass is 9.92. The number of thioether (sulfide) groups is 1. The average Bonchev–Trinajstić information content (AvgIpc) is 3.15. The fraction of sp³-hybridized carbons (Fsp3) is 0.609. The van der Waals surface area contributed by atoms with Crippen molar-refractivity contribution in [3.05, 3.63) is 36.2 Å². The summed E-state index contributed by atoms with van der Waals surface area (Å²) in [6.07, 6.45) is 5.03. The molecule has 1 aromatic heterocycles. The molecular weight excluding hydrogens is 394 g/mol. The van der Waals surface area contributed by atoms with Gasteiger partial charge in [0.05, 0.1) is 12.3 Å². The van der Waals surface area contributed by atoms with E-state index in [-0.39, 0.29) is 5.91 Å². The molecule has 2 saturated heterocycles. The van der Waals surface area contributed by atoms with Gasteiger partial charge in [0, 0.05) is 18.8 Å². The molecule has 1 amide bonds. The van der Waals surface area contributed by atoms with E-state index in [2.05, 4.69) is 45.6 Å². The highest BCUT2D eigenvalue weighted by atomic mass is 32.2. The Hall–Kier alpha value is -1.86. The van der Waals surface area contributed by atoms with E-state index in [0.29, 0.717) is 17.6 Å². The number of rotatable bonds is 6. The summed E-state index contributed by atoms with van der Waals surface area (Å²) in [7, 11) is 0. The molecule has 162 valence electrons. The molecule has 2 aromatic rings. The van der Waals surface area contributed by atoms with Crippen molar-refractivity contribution in [3.63, 3.8) is 0 Å². The molecule has 4 rings (SSSR count). The van der Waals surface area contributed by atoms with Gasteiger partial charge >= 0.3 is 0 Å². The number of piperidine rings is 2. The number of para-hydroxylation sites is 1. The Kier molecular flexibility index (Phi) is 7.10. The summed E-state index contributed by atoms with van der Waals surface area (Å²) in [5.41, 5.74) is 1.06. The second kappa shape index (κ2) is 9.96. The molecule has 2 fully saturated rings. The molecular formula is C23H33N5OS.